The Morgan fingerprint density at radius 3 is 2.52 bits per heavy atom. The van der Waals surface area contributed by atoms with Gasteiger partial charge in [0.1, 0.15) is 5.75 Å². The molecule has 0 saturated heterocycles. The maximum absolute atomic E-state index is 5.16. The fraction of sp³-hybridized carbons (Fsp3) is 0.176. The Hall–Kier alpha value is -2.46. The number of aromatic amines is 1. The highest BCUT2D eigenvalue weighted by atomic mass is 16.5. The van der Waals surface area contributed by atoms with E-state index in [0.717, 1.165) is 29.2 Å². The number of fused-ring (bicyclic) bond motifs is 1. The van der Waals surface area contributed by atoms with Crippen molar-refractivity contribution in [3.8, 4) is 5.75 Å². The third kappa shape index (κ3) is 2.85. The van der Waals surface area contributed by atoms with E-state index in [1.165, 1.54) is 10.9 Å². The number of hydrogen-bond acceptors (Lipinski definition) is 3. The standard InChI is InChI=1S/C17H19N3O/c1-18-10-12-11-19-17-9-14(5-8-16(12)17)20-13-3-6-15(21-2)7-4-13/h3-9,11,18-20H,10H2,1-2H3. The fourth-order valence-electron chi connectivity index (χ4n) is 2.44. The first-order valence-corrected chi connectivity index (χ1v) is 6.96. The molecule has 1 heterocycles. The van der Waals surface area contributed by atoms with Crippen LogP contribution < -0.4 is 15.4 Å². The van der Waals surface area contributed by atoms with E-state index in [2.05, 4.69) is 40.0 Å². The molecule has 0 spiro atoms. The van der Waals surface area contributed by atoms with Crippen LogP contribution in [-0.2, 0) is 6.54 Å². The summed E-state index contributed by atoms with van der Waals surface area (Å²) in [6.45, 7) is 0.866. The topological polar surface area (TPSA) is 49.1 Å². The number of methoxy groups -OCH3 is 1. The van der Waals surface area contributed by atoms with Crippen LogP contribution in [-0.4, -0.2) is 19.1 Å². The van der Waals surface area contributed by atoms with Gasteiger partial charge in [-0.2, -0.15) is 0 Å². The van der Waals surface area contributed by atoms with Gasteiger partial charge < -0.3 is 20.4 Å². The molecule has 3 N–H and O–H groups in total. The zero-order chi connectivity index (χ0) is 14.7. The van der Waals surface area contributed by atoms with Crippen molar-refractivity contribution >= 4 is 22.3 Å². The highest BCUT2D eigenvalue weighted by molar-refractivity contribution is 5.87. The minimum Gasteiger partial charge on any atom is -0.497 e. The Labute approximate surface area is 124 Å². The van der Waals surface area contributed by atoms with Gasteiger partial charge in [0.25, 0.3) is 0 Å². The fourth-order valence-corrected chi connectivity index (χ4v) is 2.44. The predicted octanol–water partition coefficient (Wildman–Crippen LogP) is 3.64. The number of hydrogen-bond donors (Lipinski definition) is 3. The minimum atomic E-state index is 0.858. The molecule has 0 radical (unpaired) electrons. The monoisotopic (exact) mass is 281 g/mol. The molecule has 0 unspecified atom stereocenters. The van der Waals surface area contributed by atoms with Crippen molar-refractivity contribution in [2.75, 3.05) is 19.5 Å². The van der Waals surface area contributed by atoms with Gasteiger partial charge in [-0.05, 0) is 49.0 Å². The molecule has 21 heavy (non-hydrogen) atoms. The van der Waals surface area contributed by atoms with Crippen LogP contribution in [0.25, 0.3) is 10.9 Å². The first-order valence-electron chi connectivity index (χ1n) is 6.96. The van der Waals surface area contributed by atoms with Gasteiger partial charge in [0.2, 0.25) is 0 Å². The summed E-state index contributed by atoms with van der Waals surface area (Å²) in [7, 11) is 3.63. The molecule has 2 aromatic carbocycles. The molecule has 0 aliphatic heterocycles. The molecule has 0 aliphatic rings. The smallest absolute Gasteiger partial charge is 0.119 e. The highest BCUT2D eigenvalue weighted by Crippen LogP contribution is 2.25. The van der Waals surface area contributed by atoms with E-state index < -0.39 is 0 Å². The normalized spacial score (nSPS) is 10.8. The SMILES string of the molecule is CNCc1c[nH]c2cc(Nc3ccc(OC)cc3)ccc12. The number of H-pyrrole nitrogens is 1. The van der Waals surface area contributed by atoms with Gasteiger partial charge in [-0.3, -0.25) is 0 Å². The number of anilines is 2. The molecule has 0 fully saturated rings. The first-order chi connectivity index (χ1) is 10.3. The lowest BCUT2D eigenvalue weighted by Gasteiger charge is -2.08. The average Bonchev–Trinajstić information content (AvgIpc) is 2.91. The van der Waals surface area contributed by atoms with Crippen LogP contribution in [0, 0.1) is 0 Å². The van der Waals surface area contributed by atoms with Crippen LogP contribution in [0.15, 0.2) is 48.7 Å². The predicted molar refractivity (Wildman–Crippen MR) is 87.3 cm³/mol. The Kier molecular flexibility index (Phi) is 3.79. The molecule has 0 atom stereocenters. The van der Waals surface area contributed by atoms with Crippen LogP contribution in [0.3, 0.4) is 0 Å². The summed E-state index contributed by atoms with van der Waals surface area (Å²) in [6.07, 6.45) is 2.05. The number of benzene rings is 2. The zero-order valence-corrected chi connectivity index (χ0v) is 12.2. The maximum atomic E-state index is 5.16. The molecule has 108 valence electrons. The lowest BCUT2D eigenvalue weighted by molar-refractivity contribution is 0.415. The van der Waals surface area contributed by atoms with Crippen LogP contribution in [0.5, 0.6) is 5.75 Å². The summed E-state index contributed by atoms with van der Waals surface area (Å²) in [5, 5.41) is 7.83. The van der Waals surface area contributed by atoms with Crippen molar-refractivity contribution in [2.24, 2.45) is 0 Å². The van der Waals surface area contributed by atoms with Crippen molar-refractivity contribution in [1.82, 2.24) is 10.3 Å². The molecule has 4 heteroatoms. The Bertz CT molecular complexity index is 731. The third-order valence-corrected chi connectivity index (χ3v) is 3.51. The molecule has 3 aromatic rings. The lowest BCUT2D eigenvalue weighted by atomic mass is 10.1. The van der Waals surface area contributed by atoms with Crippen LogP contribution in [0.1, 0.15) is 5.56 Å². The van der Waals surface area contributed by atoms with Gasteiger partial charge in [-0.25, -0.2) is 0 Å². The number of rotatable bonds is 5. The summed E-state index contributed by atoms with van der Waals surface area (Å²) < 4.78 is 5.16. The van der Waals surface area contributed by atoms with Crippen molar-refractivity contribution < 1.29 is 4.74 Å². The van der Waals surface area contributed by atoms with Crippen molar-refractivity contribution in [3.63, 3.8) is 0 Å². The van der Waals surface area contributed by atoms with Gasteiger partial charge >= 0.3 is 0 Å². The summed E-state index contributed by atoms with van der Waals surface area (Å²) in [5.41, 5.74) is 4.52. The van der Waals surface area contributed by atoms with E-state index in [9.17, 15) is 0 Å². The van der Waals surface area contributed by atoms with Gasteiger partial charge in [-0.15, -0.1) is 0 Å². The molecule has 1 aromatic heterocycles. The van der Waals surface area contributed by atoms with Gasteiger partial charge in [0, 0.05) is 35.0 Å². The summed E-state index contributed by atoms with van der Waals surface area (Å²) in [4.78, 5) is 3.32. The van der Waals surface area contributed by atoms with Crippen LogP contribution in [0.4, 0.5) is 11.4 Å². The molecular formula is C17H19N3O. The molecule has 0 saturated carbocycles. The average molecular weight is 281 g/mol. The number of nitrogens with one attached hydrogen (secondary N) is 3. The zero-order valence-electron chi connectivity index (χ0n) is 12.2. The molecule has 0 bridgehead atoms. The van der Waals surface area contributed by atoms with E-state index in [0.29, 0.717) is 0 Å². The van der Waals surface area contributed by atoms with E-state index in [-0.39, 0.29) is 0 Å². The molecule has 0 amide bonds. The van der Waals surface area contributed by atoms with Crippen molar-refractivity contribution in [1.29, 1.82) is 0 Å². The largest absolute Gasteiger partial charge is 0.497 e. The second-order valence-corrected chi connectivity index (χ2v) is 4.96. The number of aromatic nitrogens is 1. The third-order valence-electron chi connectivity index (χ3n) is 3.51. The maximum Gasteiger partial charge on any atom is 0.119 e. The van der Waals surface area contributed by atoms with E-state index in [1.54, 1.807) is 7.11 Å². The van der Waals surface area contributed by atoms with Gasteiger partial charge in [-0.1, -0.05) is 6.07 Å². The summed E-state index contributed by atoms with van der Waals surface area (Å²) in [6, 6.07) is 14.3. The van der Waals surface area contributed by atoms with Gasteiger partial charge in [0.05, 0.1) is 7.11 Å². The van der Waals surface area contributed by atoms with Crippen LogP contribution >= 0.6 is 0 Å². The minimum absolute atomic E-state index is 0.858. The first kappa shape index (κ1) is 13.5. The molecule has 0 aliphatic carbocycles. The number of ether oxygens (including phenoxy) is 1. The Balaban J connectivity index is 1.83. The Morgan fingerprint density at radius 2 is 1.81 bits per heavy atom. The highest BCUT2D eigenvalue weighted by Gasteiger charge is 2.04. The quantitative estimate of drug-likeness (QED) is 0.669. The van der Waals surface area contributed by atoms with E-state index >= 15 is 0 Å². The van der Waals surface area contributed by atoms with Crippen LogP contribution in [0.2, 0.25) is 0 Å². The Morgan fingerprint density at radius 1 is 1.05 bits per heavy atom. The van der Waals surface area contributed by atoms with Crippen molar-refractivity contribution in [3.05, 3.63) is 54.2 Å². The molecular weight excluding hydrogens is 262 g/mol. The second-order valence-electron chi connectivity index (χ2n) is 4.96. The summed E-state index contributed by atoms with van der Waals surface area (Å²) in [5.74, 6) is 0.858. The summed E-state index contributed by atoms with van der Waals surface area (Å²) >= 11 is 0. The molecule has 3 rings (SSSR count). The second kappa shape index (κ2) is 5.89. The van der Waals surface area contributed by atoms with Gasteiger partial charge in [0.15, 0.2) is 0 Å². The van der Waals surface area contributed by atoms with Crippen molar-refractivity contribution in [2.45, 2.75) is 6.54 Å². The molecule has 4 nitrogen and oxygen atoms in total. The van der Waals surface area contributed by atoms with E-state index in [1.807, 2.05) is 31.3 Å². The van der Waals surface area contributed by atoms with E-state index in [4.69, 9.17) is 4.74 Å². The lowest BCUT2D eigenvalue weighted by Crippen LogP contribution is -2.03.